The number of carbonyl (C=O) groups is 1. The molecule has 0 radical (unpaired) electrons. The first-order valence-electron chi connectivity index (χ1n) is 13.7. The summed E-state index contributed by atoms with van der Waals surface area (Å²) >= 11 is 0. The van der Waals surface area contributed by atoms with Gasteiger partial charge in [0.25, 0.3) is 5.91 Å². The zero-order valence-corrected chi connectivity index (χ0v) is 24.9. The lowest BCUT2D eigenvalue weighted by atomic mass is 9.92. The summed E-state index contributed by atoms with van der Waals surface area (Å²) in [6.07, 6.45) is -0.0708. The molecule has 1 saturated carbocycles. The van der Waals surface area contributed by atoms with Crippen LogP contribution < -0.4 is 20.1 Å². The number of carbonyl (C=O) groups excluding carboxylic acids is 1. The van der Waals surface area contributed by atoms with Crippen LogP contribution in [0.25, 0.3) is 0 Å². The van der Waals surface area contributed by atoms with Crippen molar-refractivity contribution in [2.45, 2.75) is 62.9 Å². The summed E-state index contributed by atoms with van der Waals surface area (Å²) in [5, 5.41) is 5.89. The Kier molecular flexibility index (Phi) is 9.83. The summed E-state index contributed by atoms with van der Waals surface area (Å²) in [6.45, 7) is 1.79. The van der Waals surface area contributed by atoms with Gasteiger partial charge in [0.05, 0.1) is 25.1 Å². The largest absolute Gasteiger partial charge is 0.495 e. The average molecular weight is 615 g/mol. The minimum Gasteiger partial charge on any atom is -0.495 e. The van der Waals surface area contributed by atoms with Crippen LogP contribution in [0.2, 0.25) is 0 Å². The molecular weight excluding hydrogens is 577 g/mol. The molecule has 1 amide bonds. The molecule has 2 atom stereocenters. The van der Waals surface area contributed by atoms with Gasteiger partial charge in [0.2, 0.25) is 21.9 Å². The molecule has 1 aromatic heterocycles. The molecule has 0 spiro atoms. The number of sulfonamides is 1. The summed E-state index contributed by atoms with van der Waals surface area (Å²) in [7, 11) is 1.23. The summed E-state index contributed by atoms with van der Waals surface area (Å²) in [5.41, 5.74) is -0.481. The number of likely N-dealkylation sites (N-methyl/N-ethyl adjacent to an activating group) is 1. The molecule has 1 aromatic carbocycles. The second-order valence-corrected chi connectivity index (χ2v) is 12.8. The minimum absolute atomic E-state index is 0.0671. The number of hydrogen-bond acceptors (Lipinski definition) is 9. The first kappa shape index (κ1) is 31.8. The predicted octanol–water partition coefficient (Wildman–Crippen LogP) is 3.65. The number of nitrogens with zero attached hydrogens (tertiary/aromatic N) is 4. The van der Waals surface area contributed by atoms with Gasteiger partial charge in [-0.2, -0.15) is 22.5 Å². The Morgan fingerprint density at radius 2 is 1.83 bits per heavy atom. The number of anilines is 2. The summed E-state index contributed by atoms with van der Waals surface area (Å²) in [6, 6.07) is 4.08. The van der Waals surface area contributed by atoms with E-state index in [0.717, 1.165) is 42.9 Å². The summed E-state index contributed by atoms with van der Waals surface area (Å²) in [4.78, 5) is 22.9. The van der Waals surface area contributed by atoms with E-state index in [1.807, 2.05) is 7.05 Å². The second kappa shape index (κ2) is 13.0. The fourth-order valence-electron chi connectivity index (χ4n) is 5.21. The number of rotatable bonds is 9. The highest BCUT2D eigenvalue weighted by molar-refractivity contribution is 7.88. The second-order valence-electron chi connectivity index (χ2n) is 10.8. The number of amides is 1. The van der Waals surface area contributed by atoms with Crippen LogP contribution >= 0.6 is 0 Å². The molecule has 4 rings (SSSR count). The van der Waals surface area contributed by atoms with Crippen LogP contribution in [0.1, 0.15) is 54.4 Å². The number of likely N-dealkylation sites (tertiary alicyclic amines) is 1. The molecule has 0 bridgehead atoms. The van der Waals surface area contributed by atoms with Crippen LogP contribution in [-0.2, 0) is 16.2 Å². The van der Waals surface area contributed by atoms with Crippen molar-refractivity contribution in [2.75, 3.05) is 45.9 Å². The van der Waals surface area contributed by atoms with Crippen molar-refractivity contribution in [3.63, 3.8) is 0 Å². The van der Waals surface area contributed by atoms with E-state index in [-0.39, 0.29) is 23.6 Å². The molecule has 1 aliphatic heterocycles. The van der Waals surface area contributed by atoms with Gasteiger partial charge in [-0.05, 0) is 70.4 Å². The Morgan fingerprint density at radius 1 is 1.14 bits per heavy atom. The van der Waals surface area contributed by atoms with Crippen molar-refractivity contribution in [1.29, 1.82) is 0 Å². The third-order valence-corrected chi connectivity index (χ3v) is 9.06. The monoisotopic (exact) mass is 614 g/mol. The fourth-order valence-corrected chi connectivity index (χ4v) is 5.94. The zero-order valence-electron chi connectivity index (χ0n) is 24.1. The van der Waals surface area contributed by atoms with Crippen LogP contribution in [0.4, 0.5) is 24.8 Å². The number of nitrogens with one attached hydrogen (secondary N) is 2. The van der Waals surface area contributed by atoms with E-state index in [0.29, 0.717) is 36.7 Å². The van der Waals surface area contributed by atoms with Gasteiger partial charge in [0, 0.05) is 24.8 Å². The van der Waals surface area contributed by atoms with Crippen molar-refractivity contribution in [1.82, 2.24) is 24.5 Å². The zero-order chi connectivity index (χ0) is 30.7. The topological polar surface area (TPSA) is 126 Å². The van der Waals surface area contributed by atoms with Gasteiger partial charge < -0.3 is 25.0 Å². The Bertz CT molecular complexity index is 1370. The molecule has 15 heteroatoms. The van der Waals surface area contributed by atoms with E-state index in [1.54, 1.807) is 12.1 Å². The van der Waals surface area contributed by atoms with E-state index in [4.69, 9.17) is 9.47 Å². The number of halogens is 3. The highest BCUT2D eigenvalue weighted by atomic mass is 32.2. The number of aromatic nitrogens is 2. The van der Waals surface area contributed by atoms with Crippen LogP contribution in [0.5, 0.6) is 11.6 Å². The maximum absolute atomic E-state index is 13.9. The number of methoxy groups -OCH3 is 1. The van der Waals surface area contributed by atoms with Crippen molar-refractivity contribution in [3.8, 4) is 11.6 Å². The smallest absolute Gasteiger partial charge is 0.423 e. The van der Waals surface area contributed by atoms with E-state index >= 15 is 0 Å². The Balaban J connectivity index is 1.56. The fraction of sp³-hybridized carbons (Fsp3) is 0.593. The average Bonchev–Trinajstić information content (AvgIpc) is 2.93. The van der Waals surface area contributed by atoms with Crippen LogP contribution in [0.3, 0.4) is 0 Å². The lowest BCUT2D eigenvalue weighted by Gasteiger charge is -2.36. The lowest BCUT2D eigenvalue weighted by Crippen LogP contribution is -2.48. The molecule has 0 unspecified atom stereocenters. The van der Waals surface area contributed by atoms with Gasteiger partial charge in [-0.25, -0.2) is 13.4 Å². The maximum Gasteiger partial charge on any atom is 0.423 e. The van der Waals surface area contributed by atoms with E-state index in [2.05, 4.69) is 25.5 Å². The molecule has 2 aliphatic rings. The number of ether oxygens (including phenoxy) is 2. The number of alkyl halides is 3. The molecule has 2 N–H and O–H groups in total. The summed E-state index contributed by atoms with van der Waals surface area (Å²) in [5.74, 6) is -0.883. The quantitative estimate of drug-likeness (QED) is 0.435. The minimum atomic E-state index is -4.80. The molecule has 232 valence electrons. The SMILES string of the molecule is COc1cc(C(=O)NC2CCN(C)CC2)ccc1Nc1ncc(C(F)(F)F)c(O[C@@H]2CCCC[C@H]2N(C)S(C)(=O)=O)n1. The third kappa shape index (κ3) is 7.81. The molecule has 11 nitrogen and oxygen atoms in total. The Hall–Kier alpha value is -3.17. The van der Waals surface area contributed by atoms with Crippen molar-refractivity contribution in [3.05, 3.63) is 35.5 Å². The van der Waals surface area contributed by atoms with Gasteiger partial charge in [0.15, 0.2) is 0 Å². The molecule has 2 aromatic rings. The van der Waals surface area contributed by atoms with Crippen molar-refractivity contribution < 1.29 is 35.9 Å². The van der Waals surface area contributed by atoms with Crippen molar-refractivity contribution >= 4 is 27.6 Å². The van der Waals surface area contributed by atoms with Gasteiger partial charge in [-0.3, -0.25) is 4.79 Å². The van der Waals surface area contributed by atoms with Gasteiger partial charge in [-0.15, -0.1) is 0 Å². The van der Waals surface area contributed by atoms with Crippen LogP contribution in [-0.4, -0.2) is 92.2 Å². The highest BCUT2D eigenvalue weighted by Gasteiger charge is 2.40. The molecular formula is C27H37F3N6O5S. The number of benzene rings is 1. The molecule has 2 heterocycles. The van der Waals surface area contributed by atoms with Crippen LogP contribution in [0.15, 0.2) is 24.4 Å². The lowest BCUT2D eigenvalue weighted by molar-refractivity contribution is -0.140. The molecule has 1 aliphatic carbocycles. The summed E-state index contributed by atoms with van der Waals surface area (Å²) < 4.78 is 78.4. The normalized spacial score (nSPS) is 20.8. The Labute approximate surface area is 243 Å². The molecule has 42 heavy (non-hydrogen) atoms. The van der Waals surface area contributed by atoms with E-state index in [9.17, 15) is 26.4 Å². The predicted molar refractivity (Wildman–Crippen MR) is 151 cm³/mol. The third-order valence-electron chi connectivity index (χ3n) is 7.74. The Morgan fingerprint density at radius 3 is 2.48 bits per heavy atom. The van der Waals surface area contributed by atoms with Gasteiger partial charge in [0.1, 0.15) is 17.4 Å². The van der Waals surface area contributed by atoms with Crippen LogP contribution in [0, 0.1) is 0 Å². The number of hydrogen-bond donors (Lipinski definition) is 2. The van der Waals surface area contributed by atoms with Gasteiger partial charge in [-0.1, -0.05) is 6.42 Å². The molecule has 1 saturated heterocycles. The van der Waals surface area contributed by atoms with Gasteiger partial charge >= 0.3 is 6.18 Å². The first-order valence-corrected chi connectivity index (χ1v) is 15.6. The highest BCUT2D eigenvalue weighted by Crippen LogP contribution is 2.38. The standard InChI is InChI=1S/C27H37F3N6O5S/c1-35-13-11-18(12-14-35)32-24(37)17-9-10-20(23(15-17)40-3)33-26-31-16-19(27(28,29)30)25(34-26)41-22-8-6-5-7-21(22)36(2)42(4,38)39/h9-10,15-16,18,21-22H,5-8,11-14H2,1-4H3,(H,32,37)(H,31,33,34)/t21-,22-/m1/s1. The van der Waals surface area contributed by atoms with Crippen molar-refractivity contribution in [2.24, 2.45) is 0 Å². The van der Waals surface area contributed by atoms with E-state index < -0.39 is 39.8 Å². The number of piperidine rings is 1. The maximum atomic E-state index is 13.9. The van der Waals surface area contributed by atoms with E-state index in [1.165, 1.54) is 20.2 Å². The first-order chi connectivity index (χ1) is 19.8. The molecule has 2 fully saturated rings.